The largest absolute Gasteiger partial charge is 0.462 e. The number of carbonyl (C=O) groups excluding carboxylic acids is 2. The van der Waals surface area contributed by atoms with E-state index in [1.165, 1.54) is 0 Å². The minimum atomic E-state index is -0.144. The first kappa shape index (κ1) is 19.9. The average molecular weight is 442 g/mol. The molecule has 1 aliphatic carbocycles. The first-order chi connectivity index (χ1) is 10.4. The smallest absolute Gasteiger partial charge is 0.307 e. The Morgan fingerprint density at radius 1 is 0.864 bits per heavy atom. The summed E-state index contributed by atoms with van der Waals surface area (Å²) in [6, 6.07) is 0. The molecule has 1 aliphatic rings. The van der Waals surface area contributed by atoms with E-state index in [4.69, 9.17) is 9.47 Å². The van der Waals surface area contributed by atoms with E-state index in [9.17, 15) is 9.59 Å². The zero-order chi connectivity index (χ0) is 16.5. The van der Waals surface area contributed by atoms with Crippen LogP contribution in [0.3, 0.4) is 0 Å². The summed E-state index contributed by atoms with van der Waals surface area (Å²) in [5.74, 6) is -0.288. The van der Waals surface area contributed by atoms with Gasteiger partial charge in [-0.2, -0.15) is 0 Å². The highest BCUT2D eigenvalue weighted by Gasteiger charge is 2.27. The summed E-state index contributed by atoms with van der Waals surface area (Å²) in [4.78, 5) is 23.9. The summed E-state index contributed by atoms with van der Waals surface area (Å²) in [7, 11) is 0. The SMILES string of the molecule is CCC(Br)CC(=O)OC1CCC(OC(=O)CC(Br)CC)CC1. The molecule has 0 saturated heterocycles. The monoisotopic (exact) mass is 440 g/mol. The molecule has 0 aromatic carbocycles. The van der Waals surface area contributed by atoms with Crippen LogP contribution in [-0.4, -0.2) is 33.8 Å². The number of ether oxygens (including phenoxy) is 2. The maximum absolute atomic E-state index is 11.8. The highest BCUT2D eigenvalue weighted by atomic mass is 79.9. The van der Waals surface area contributed by atoms with Crippen molar-refractivity contribution < 1.29 is 19.1 Å². The Balaban J connectivity index is 2.23. The van der Waals surface area contributed by atoms with Crippen molar-refractivity contribution in [3.63, 3.8) is 0 Å². The minimum absolute atomic E-state index is 0.0291. The van der Waals surface area contributed by atoms with Crippen LogP contribution in [0.4, 0.5) is 0 Å². The third kappa shape index (κ3) is 7.95. The fraction of sp³-hybridized carbons (Fsp3) is 0.875. The Bertz CT molecular complexity index is 320. The average Bonchev–Trinajstić information content (AvgIpc) is 2.48. The van der Waals surface area contributed by atoms with Gasteiger partial charge in [-0.15, -0.1) is 0 Å². The number of alkyl halides is 2. The molecule has 0 radical (unpaired) electrons. The Hall–Kier alpha value is -0.100. The molecule has 0 aromatic heterocycles. The van der Waals surface area contributed by atoms with Gasteiger partial charge in [0.15, 0.2) is 0 Å². The van der Waals surface area contributed by atoms with E-state index >= 15 is 0 Å². The highest BCUT2D eigenvalue weighted by molar-refractivity contribution is 9.09. The van der Waals surface area contributed by atoms with Crippen LogP contribution in [0.25, 0.3) is 0 Å². The van der Waals surface area contributed by atoms with Gasteiger partial charge in [-0.3, -0.25) is 9.59 Å². The number of halogens is 2. The van der Waals surface area contributed by atoms with Gasteiger partial charge in [0, 0.05) is 9.65 Å². The van der Waals surface area contributed by atoms with Crippen LogP contribution in [0.1, 0.15) is 65.2 Å². The Morgan fingerprint density at radius 2 is 1.18 bits per heavy atom. The second kappa shape index (κ2) is 10.6. The van der Waals surface area contributed by atoms with Crippen LogP contribution >= 0.6 is 31.9 Å². The van der Waals surface area contributed by atoms with E-state index in [1.807, 2.05) is 13.8 Å². The van der Waals surface area contributed by atoms with Crippen molar-refractivity contribution in [1.29, 1.82) is 0 Å². The third-order valence-electron chi connectivity index (χ3n) is 3.88. The fourth-order valence-electron chi connectivity index (χ4n) is 2.39. The van der Waals surface area contributed by atoms with Crippen molar-refractivity contribution in [2.45, 2.75) is 87.1 Å². The second-order valence-corrected chi connectivity index (χ2v) is 8.39. The maximum Gasteiger partial charge on any atom is 0.307 e. The number of hydrogen-bond donors (Lipinski definition) is 0. The molecule has 0 aromatic rings. The molecule has 0 spiro atoms. The summed E-state index contributed by atoms with van der Waals surface area (Å²) in [5.41, 5.74) is 0. The van der Waals surface area contributed by atoms with E-state index in [-0.39, 0.29) is 33.8 Å². The molecule has 6 heteroatoms. The van der Waals surface area contributed by atoms with Crippen molar-refractivity contribution in [3.05, 3.63) is 0 Å². The van der Waals surface area contributed by atoms with Crippen LogP contribution in [0.5, 0.6) is 0 Å². The lowest BCUT2D eigenvalue weighted by molar-refractivity contribution is -0.158. The maximum atomic E-state index is 11.8. The number of rotatable bonds is 8. The first-order valence-electron chi connectivity index (χ1n) is 8.11. The third-order valence-corrected chi connectivity index (χ3v) is 5.82. The Morgan fingerprint density at radius 3 is 1.45 bits per heavy atom. The molecule has 2 unspecified atom stereocenters. The van der Waals surface area contributed by atoms with Gasteiger partial charge in [-0.1, -0.05) is 45.7 Å². The molecule has 128 valence electrons. The van der Waals surface area contributed by atoms with E-state index in [2.05, 4.69) is 31.9 Å². The standard InChI is InChI=1S/C16H26Br2O4/c1-3-11(17)9-15(19)21-13-5-7-14(8-6-13)22-16(20)10-12(18)4-2/h11-14H,3-10H2,1-2H3. The van der Waals surface area contributed by atoms with Crippen molar-refractivity contribution in [3.8, 4) is 0 Å². The first-order valence-corrected chi connectivity index (χ1v) is 9.94. The predicted molar refractivity (Wildman–Crippen MR) is 93.5 cm³/mol. The quantitative estimate of drug-likeness (QED) is 0.410. The highest BCUT2D eigenvalue weighted by Crippen LogP contribution is 2.25. The lowest BCUT2D eigenvalue weighted by atomic mass is 9.95. The van der Waals surface area contributed by atoms with Crippen LogP contribution in [0.2, 0.25) is 0 Å². The molecule has 4 nitrogen and oxygen atoms in total. The topological polar surface area (TPSA) is 52.6 Å². The summed E-state index contributed by atoms with van der Waals surface area (Å²) >= 11 is 6.88. The Labute approximate surface area is 149 Å². The predicted octanol–water partition coefficient (Wildman–Crippen LogP) is 4.51. The van der Waals surface area contributed by atoms with Crippen LogP contribution in [-0.2, 0) is 19.1 Å². The zero-order valence-electron chi connectivity index (χ0n) is 13.4. The molecule has 1 rings (SSSR count). The molecule has 22 heavy (non-hydrogen) atoms. The molecule has 0 N–H and O–H groups in total. The molecule has 2 atom stereocenters. The molecule has 0 aliphatic heterocycles. The van der Waals surface area contributed by atoms with Gasteiger partial charge in [-0.05, 0) is 38.5 Å². The van der Waals surface area contributed by atoms with Gasteiger partial charge in [0.05, 0.1) is 12.8 Å². The molecule has 1 saturated carbocycles. The summed E-state index contributed by atoms with van der Waals surface area (Å²) in [6.45, 7) is 4.06. The van der Waals surface area contributed by atoms with Crippen LogP contribution in [0.15, 0.2) is 0 Å². The number of esters is 2. The fourth-order valence-corrected chi connectivity index (χ4v) is 2.91. The van der Waals surface area contributed by atoms with Crippen LogP contribution in [0, 0.1) is 0 Å². The second-order valence-electron chi connectivity index (χ2n) is 5.80. The van der Waals surface area contributed by atoms with Crippen molar-refractivity contribution in [2.75, 3.05) is 0 Å². The summed E-state index contributed by atoms with van der Waals surface area (Å²) in [6.07, 6.45) is 5.67. The van der Waals surface area contributed by atoms with Gasteiger partial charge in [0.2, 0.25) is 0 Å². The summed E-state index contributed by atoms with van der Waals surface area (Å²) < 4.78 is 11.0. The minimum Gasteiger partial charge on any atom is -0.462 e. The lowest BCUT2D eigenvalue weighted by Gasteiger charge is -2.28. The molecule has 0 heterocycles. The van der Waals surface area contributed by atoms with Crippen molar-refractivity contribution in [1.82, 2.24) is 0 Å². The molecule has 1 fully saturated rings. The van der Waals surface area contributed by atoms with Crippen molar-refractivity contribution >= 4 is 43.8 Å². The van der Waals surface area contributed by atoms with Gasteiger partial charge in [0.1, 0.15) is 12.2 Å². The Kier molecular flexibility index (Phi) is 9.64. The van der Waals surface area contributed by atoms with E-state index < -0.39 is 0 Å². The van der Waals surface area contributed by atoms with E-state index in [0.717, 1.165) is 38.5 Å². The van der Waals surface area contributed by atoms with Gasteiger partial charge >= 0.3 is 11.9 Å². The van der Waals surface area contributed by atoms with E-state index in [0.29, 0.717) is 12.8 Å². The molecule has 0 amide bonds. The zero-order valence-corrected chi connectivity index (χ0v) is 16.5. The van der Waals surface area contributed by atoms with Gasteiger partial charge in [0.25, 0.3) is 0 Å². The van der Waals surface area contributed by atoms with Crippen LogP contribution < -0.4 is 0 Å². The molecular weight excluding hydrogens is 416 g/mol. The number of carbonyl (C=O) groups is 2. The van der Waals surface area contributed by atoms with E-state index in [1.54, 1.807) is 0 Å². The normalized spacial score (nSPS) is 24.4. The number of hydrogen-bond acceptors (Lipinski definition) is 4. The summed E-state index contributed by atoms with van der Waals surface area (Å²) in [5, 5.41) is 0. The van der Waals surface area contributed by atoms with Gasteiger partial charge < -0.3 is 9.47 Å². The van der Waals surface area contributed by atoms with Gasteiger partial charge in [-0.25, -0.2) is 0 Å². The van der Waals surface area contributed by atoms with Crippen molar-refractivity contribution in [2.24, 2.45) is 0 Å². The molecule has 0 bridgehead atoms. The lowest BCUT2D eigenvalue weighted by Crippen LogP contribution is -2.30. The molecular formula is C16H26Br2O4.